The number of fused-ring (bicyclic) bond motifs is 2. The SMILES string of the molecule is Cc1ccccc1/C=c1\ccc2c(c1)Oc1cc(Cc3c(C)cccc3C)ccc1C=2c1ccccc1S(=O)(=O)O. The first-order chi connectivity index (χ1) is 19.7. The maximum absolute atomic E-state index is 12.4. The van der Waals surface area contributed by atoms with Gasteiger partial charge >= 0.3 is 0 Å². The van der Waals surface area contributed by atoms with Crippen molar-refractivity contribution in [3.8, 4) is 11.5 Å². The van der Waals surface area contributed by atoms with E-state index in [1.807, 2.05) is 42.5 Å². The Kier molecular flexibility index (Phi) is 6.86. The molecule has 0 aliphatic carbocycles. The molecule has 0 saturated heterocycles. The summed E-state index contributed by atoms with van der Waals surface area (Å²) >= 11 is 0. The summed E-state index contributed by atoms with van der Waals surface area (Å²) in [6.45, 7) is 6.32. The molecule has 5 aromatic rings. The minimum absolute atomic E-state index is 0.135. The molecule has 0 amide bonds. The average molecular weight is 559 g/mol. The van der Waals surface area contributed by atoms with Gasteiger partial charge in [0.1, 0.15) is 16.4 Å². The fraction of sp³-hybridized carbons (Fsp3) is 0.111. The molecule has 204 valence electrons. The van der Waals surface area contributed by atoms with E-state index in [2.05, 4.69) is 63.2 Å². The fourth-order valence-corrected chi connectivity index (χ4v) is 6.30. The molecule has 41 heavy (non-hydrogen) atoms. The van der Waals surface area contributed by atoms with Crippen molar-refractivity contribution in [1.29, 1.82) is 0 Å². The molecule has 0 fully saturated rings. The zero-order chi connectivity index (χ0) is 28.7. The molecule has 0 saturated carbocycles. The van der Waals surface area contributed by atoms with Crippen LogP contribution in [0.25, 0.3) is 11.6 Å². The Morgan fingerprint density at radius 2 is 1.41 bits per heavy atom. The van der Waals surface area contributed by atoms with Crippen molar-refractivity contribution in [3.63, 3.8) is 0 Å². The van der Waals surface area contributed by atoms with E-state index in [9.17, 15) is 13.0 Å². The van der Waals surface area contributed by atoms with Crippen LogP contribution >= 0.6 is 0 Å². The standard InChI is InChI=1S/C36H30O4S/c1-23-9-4-5-12-28(23)19-26-15-17-29-33(21-26)40-34-22-27(20-32-24(2)10-8-11-25(32)3)16-18-30(34)36(29)31-13-6-7-14-35(31)41(37,38)39/h4-19,21-22H,20H2,1-3H3,(H,37,38,39)/b26-19+. The van der Waals surface area contributed by atoms with E-state index in [1.165, 1.54) is 28.3 Å². The second-order valence-electron chi connectivity index (χ2n) is 10.6. The van der Waals surface area contributed by atoms with Gasteiger partial charge in [-0.15, -0.1) is 0 Å². The highest BCUT2D eigenvalue weighted by Gasteiger charge is 2.25. The van der Waals surface area contributed by atoms with Crippen LogP contribution in [0.15, 0.2) is 108 Å². The van der Waals surface area contributed by atoms with Gasteiger partial charge in [-0.1, -0.05) is 78.9 Å². The number of benzene rings is 5. The van der Waals surface area contributed by atoms with Gasteiger partial charge in [0.15, 0.2) is 0 Å². The molecule has 1 aliphatic rings. The molecule has 1 aliphatic heterocycles. The molecule has 4 nitrogen and oxygen atoms in total. The van der Waals surface area contributed by atoms with Gasteiger partial charge in [0.05, 0.1) is 0 Å². The molecule has 0 unspecified atom stereocenters. The van der Waals surface area contributed by atoms with Crippen molar-refractivity contribution in [2.75, 3.05) is 0 Å². The smallest absolute Gasteiger partial charge is 0.295 e. The summed E-state index contributed by atoms with van der Waals surface area (Å²) in [5, 5.41) is 1.73. The van der Waals surface area contributed by atoms with E-state index >= 15 is 0 Å². The van der Waals surface area contributed by atoms with Gasteiger partial charge in [0.2, 0.25) is 0 Å². The molecule has 0 spiro atoms. The Morgan fingerprint density at radius 1 is 0.707 bits per heavy atom. The number of rotatable bonds is 5. The van der Waals surface area contributed by atoms with Crippen LogP contribution in [0.3, 0.4) is 0 Å². The van der Waals surface area contributed by atoms with Crippen LogP contribution in [0.4, 0.5) is 0 Å². The van der Waals surface area contributed by atoms with Crippen LogP contribution in [-0.4, -0.2) is 13.0 Å². The molecule has 0 bridgehead atoms. The lowest BCUT2D eigenvalue weighted by molar-refractivity contribution is 0.470. The van der Waals surface area contributed by atoms with E-state index in [1.54, 1.807) is 18.2 Å². The van der Waals surface area contributed by atoms with Crippen molar-refractivity contribution >= 4 is 21.8 Å². The Hall–Kier alpha value is -4.45. The third-order valence-electron chi connectivity index (χ3n) is 7.78. The van der Waals surface area contributed by atoms with Crippen molar-refractivity contribution in [2.45, 2.75) is 32.1 Å². The van der Waals surface area contributed by atoms with Crippen molar-refractivity contribution < 1.29 is 17.7 Å². The Morgan fingerprint density at radius 3 is 2.17 bits per heavy atom. The third kappa shape index (κ3) is 5.22. The van der Waals surface area contributed by atoms with Gasteiger partial charge < -0.3 is 4.74 Å². The average Bonchev–Trinajstić information content (AvgIpc) is 2.94. The minimum Gasteiger partial charge on any atom is -0.456 e. The van der Waals surface area contributed by atoms with Gasteiger partial charge in [-0.05, 0) is 96.1 Å². The van der Waals surface area contributed by atoms with E-state index in [-0.39, 0.29) is 4.90 Å². The zero-order valence-electron chi connectivity index (χ0n) is 23.2. The quantitative estimate of drug-likeness (QED) is 0.241. The summed E-state index contributed by atoms with van der Waals surface area (Å²) < 4.78 is 41.5. The monoisotopic (exact) mass is 558 g/mol. The molecule has 0 radical (unpaired) electrons. The second kappa shape index (κ2) is 10.5. The van der Waals surface area contributed by atoms with Crippen LogP contribution in [0.1, 0.15) is 44.5 Å². The van der Waals surface area contributed by atoms with Gasteiger partial charge in [-0.3, -0.25) is 4.55 Å². The van der Waals surface area contributed by atoms with Crippen LogP contribution in [0.2, 0.25) is 0 Å². The molecule has 0 atom stereocenters. The summed E-state index contributed by atoms with van der Waals surface area (Å²) in [6.07, 6.45) is 2.86. The molecular formula is C36H30O4S. The highest BCUT2D eigenvalue weighted by atomic mass is 32.2. The first-order valence-electron chi connectivity index (χ1n) is 13.5. The molecule has 0 aromatic heterocycles. The molecular weight excluding hydrogens is 528 g/mol. The van der Waals surface area contributed by atoms with Crippen LogP contribution < -0.4 is 15.2 Å². The molecule has 5 aromatic carbocycles. The Balaban J connectivity index is 1.58. The van der Waals surface area contributed by atoms with E-state index in [4.69, 9.17) is 4.74 Å². The molecule has 1 N–H and O–H groups in total. The lowest BCUT2D eigenvalue weighted by Crippen LogP contribution is -2.21. The first kappa shape index (κ1) is 26.8. The van der Waals surface area contributed by atoms with Crippen molar-refractivity contribution in [2.24, 2.45) is 0 Å². The number of hydrogen-bond donors (Lipinski definition) is 1. The van der Waals surface area contributed by atoms with E-state index < -0.39 is 10.1 Å². The summed E-state index contributed by atoms with van der Waals surface area (Å²) in [5.74, 6) is 1.28. The number of ether oxygens (including phenoxy) is 1. The third-order valence-corrected chi connectivity index (χ3v) is 8.69. The van der Waals surface area contributed by atoms with Crippen LogP contribution in [0, 0.1) is 20.8 Å². The predicted octanol–water partition coefficient (Wildman–Crippen LogP) is 6.63. The van der Waals surface area contributed by atoms with Crippen molar-refractivity contribution in [3.05, 3.63) is 158 Å². The largest absolute Gasteiger partial charge is 0.456 e. The maximum Gasteiger partial charge on any atom is 0.295 e. The lowest BCUT2D eigenvalue weighted by Gasteiger charge is -2.23. The first-order valence-corrected chi connectivity index (χ1v) is 15.0. The normalized spacial score (nSPS) is 13.0. The summed E-state index contributed by atoms with van der Waals surface area (Å²) in [7, 11) is -4.47. The lowest BCUT2D eigenvalue weighted by atomic mass is 9.90. The summed E-state index contributed by atoms with van der Waals surface area (Å²) in [6, 6.07) is 33.1. The van der Waals surface area contributed by atoms with E-state index in [0.717, 1.165) is 33.5 Å². The Bertz CT molecular complexity index is 2040. The highest BCUT2D eigenvalue weighted by Crippen LogP contribution is 2.39. The van der Waals surface area contributed by atoms with Gasteiger partial charge in [0, 0.05) is 21.9 Å². The van der Waals surface area contributed by atoms with Crippen molar-refractivity contribution in [1.82, 2.24) is 0 Å². The van der Waals surface area contributed by atoms with Gasteiger partial charge in [-0.2, -0.15) is 8.42 Å². The number of aryl methyl sites for hydroxylation is 3. The number of hydrogen-bond acceptors (Lipinski definition) is 3. The minimum atomic E-state index is -4.47. The maximum atomic E-state index is 12.4. The highest BCUT2D eigenvalue weighted by molar-refractivity contribution is 7.86. The predicted molar refractivity (Wildman–Crippen MR) is 164 cm³/mol. The van der Waals surface area contributed by atoms with Crippen LogP contribution in [-0.2, 0) is 16.5 Å². The van der Waals surface area contributed by atoms with E-state index in [0.29, 0.717) is 22.6 Å². The fourth-order valence-electron chi connectivity index (χ4n) is 5.60. The van der Waals surface area contributed by atoms with Gasteiger partial charge in [-0.25, -0.2) is 0 Å². The molecule has 5 heteroatoms. The molecule has 6 rings (SSSR count). The van der Waals surface area contributed by atoms with Gasteiger partial charge in [0.25, 0.3) is 10.1 Å². The second-order valence-corrected chi connectivity index (χ2v) is 12.0. The molecule has 1 heterocycles. The topological polar surface area (TPSA) is 63.6 Å². The van der Waals surface area contributed by atoms with Crippen LogP contribution in [0.5, 0.6) is 11.5 Å². The summed E-state index contributed by atoms with van der Waals surface area (Å²) in [4.78, 5) is -0.135. The Labute approximate surface area is 240 Å². The summed E-state index contributed by atoms with van der Waals surface area (Å²) in [5.41, 5.74) is 9.03. The zero-order valence-corrected chi connectivity index (χ0v) is 24.0.